The van der Waals surface area contributed by atoms with Crippen molar-refractivity contribution in [2.45, 2.75) is 17.6 Å². The zero-order chi connectivity index (χ0) is 13.0. The summed E-state index contributed by atoms with van der Waals surface area (Å²) in [6, 6.07) is 14.3. The molecular formula is C15H12FNS. The highest BCUT2D eigenvalue weighted by Crippen LogP contribution is 2.25. The zero-order valence-corrected chi connectivity index (χ0v) is 10.8. The highest BCUT2D eigenvalue weighted by atomic mass is 32.2. The second kappa shape index (κ2) is 5.70. The van der Waals surface area contributed by atoms with Gasteiger partial charge >= 0.3 is 0 Å². The van der Waals surface area contributed by atoms with E-state index in [2.05, 4.69) is 6.07 Å². The molecule has 0 fully saturated rings. The molecule has 18 heavy (non-hydrogen) atoms. The molecule has 1 nitrogen and oxygen atoms in total. The van der Waals surface area contributed by atoms with Crippen molar-refractivity contribution < 1.29 is 4.39 Å². The van der Waals surface area contributed by atoms with Gasteiger partial charge in [0.15, 0.2) is 0 Å². The smallest absolute Gasteiger partial charge is 0.124 e. The molecule has 0 aliphatic carbocycles. The van der Waals surface area contributed by atoms with Crippen LogP contribution in [0.2, 0.25) is 0 Å². The zero-order valence-electron chi connectivity index (χ0n) is 9.98. The molecule has 2 aromatic carbocycles. The fourth-order valence-corrected chi connectivity index (χ4v) is 2.66. The van der Waals surface area contributed by atoms with Gasteiger partial charge in [0.2, 0.25) is 0 Å². The molecule has 0 saturated carbocycles. The number of thioether (sulfide) groups is 1. The molecule has 0 amide bonds. The SMILES string of the molecule is Cc1cc(C#N)ccc1CSc1cccc(F)c1. The molecule has 2 aromatic rings. The molecule has 2 rings (SSSR count). The van der Waals surface area contributed by atoms with Gasteiger partial charge in [0.05, 0.1) is 11.6 Å². The van der Waals surface area contributed by atoms with E-state index < -0.39 is 0 Å². The lowest BCUT2D eigenvalue weighted by Crippen LogP contribution is -1.88. The average molecular weight is 257 g/mol. The van der Waals surface area contributed by atoms with E-state index in [1.165, 1.54) is 17.7 Å². The molecule has 0 radical (unpaired) electrons. The summed E-state index contributed by atoms with van der Waals surface area (Å²) < 4.78 is 13.0. The molecule has 0 unspecified atom stereocenters. The maximum atomic E-state index is 13.0. The summed E-state index contributed by atoms with van der Waals surface area (Å²) in [6.45, 7) is 1.99. The summed E-state index contributed by atoms with van der Waals surface area (Å²) in [7, 11) is 0. The van der Waals surface area contributed by atoms with Gasteiger partial charge < -0.3 is 0 Å². The van der Waals surface area contributed by atoms with Crippen LogP contribution in [0, 0.1) is 24.1 Å². The van der Waals surface area contributed by atoms with Gasteiger partial charge in [0, 0.05) is 10.6 Å². The van der Waals surface area contributed by atoms with Crippen LogP contribution in [0.4, 0.5) is 4.39 Å². The van der Waals surface area contributed by atoms with Crippen LogP contribution in [0.25, 0.3) is 0 Å². The number of hydrogen-bond donors (Lipinski definition) is 0. The van der Waals surface area contributed by atoms with Gasteiger partial charge in [-0.2, -0.15) is 5.26 Å². The van der Waals surface area contributed by atoms with Gasteiger partial charge in [-0.1, -0.05) is 12.1 Å². The predicted molar refractivity (Wildman–Crippen MR) is 71.9 cm³/mol. The van der Waals surface area contributed by atoms with E-state index in [-0.39, 0.29) is 5.82 Å². The van der Waals surface area contributed by atoms with Crippen LogP contribution < -0.4 is 0 Å². The fourth-order valence-electron chi connectivity index (χ4n) is 1.65. The first kappa shape index (κ1) is 12.7. The van der Waals surface area contributed by atoms with Crippen LogP contribution in [-0.4, -0.2) is 0 Å². The topological polar surface area (TPSA) is 23.8 Å². The van der Waals surface area contributed by atoms with Crippen molar-refractivity contribution in [1.29, 1.82) is 5.26 Å². The van der Waals surface area contributed by atoms with Crippen LogP contribution in [0.5, 0.6) is 0 Å². The summed E-state index contributed by atoms with van der Waals surface area (Å²) in [6.07, 6.45) is 0. The van der Waals surface area contributed by atoms with Gasteiger partial charge in [0.25, 0.3) is 0 Å². The minimum atomic E-state index is -0.212. The van der Waals surface area contributed by atoms with E-state index in [1.807, 2.05) is 31.2 Å². The number of nitriles is 1. The first-order valence-electron chi connectivity index (χ1n) is 5.57. The third-order valence-electron chi connectivity index (χ3n) is 2.66. The van der Waals surface area contributed by atoms with Crippen molar-refractivity contribution in [3.05, 3.63) is 65.0 Å². The first-order chi connectivity index (χ1) is 8.69. The van der Waals surface area contributed by atoms with Crippen LogP contribution in [0.15, 0.2) is 47.4 Å². The van der Waals surface area contributed by atoms with E-state index >= 15 is 0 Å². The van der Waals surface area contributed by atoms with Crippen molar-refractivity contribution in [2.24, 2.45) is 0 Å². The summed E-state index contributed by atoms with van der Waals surface area (Å²) in [5, 5.41) is 8.79. The lowest BCUT2D eigenvalue weighted by Gasteiger charge is -2.06. The Bertz CT molecular complexity index is 602. The Morgan fingerprint density at radius 3 is 2.72 bits per heavy atom. The van der Waals surface area contributed by atoms with Crippen LogP contribution >= 0.6 is 11.8 Å². The van der Waals surface area contributed by atoms with Crippen molar-refractivity contribution in [2.75, 3.05) is 0 Å². The number of halogens is 1. The summed E-state index contributed by atoms with van der Waals surface area (Å²) in [5.41, 5.74) is 2.94. The first-order valence-corrected chi connectivity index (χ1v) is 6.55. The lowest BCUT2D eigenvalue weighted by molar-refractivity contribution is 0.624. The lowest BCUT2D eigenvalue weighted by atomic mass is 10.1. The maximum absolute atomic E-state index is 13.0. The Kier molecular flexibility index (Phi) is 4.01. The van der Waals surface area contributed by atoms with Crippen molar-refractivity contribution >= 4 is 11.8 Å². The third-order valence-corrected chi connectivity index (χ3v) is 3.70. The molecule has 0 saturated heterocycles. The highest BCUT2D eigenvalue weighted by molar-refractivity contribution is 7.98. The summed E-state index contributed by atoms with van der Waals surface area (Å²) in [5.74, 6) is 0.567. The van der Waals surface area contributed by atoms with Crippen molar-refractivity contribution in [1.82, 2.24) is 0 Å². The Hall–Kier alpha value is -1.79. The Morgan fingerprint density at radius 2 is 2.06 bits per heavy atom. The third kappa shape index (κ3) is 3.12. The molecule has 90 valence electrons. The number of aryl methyl sites for hydroxylation is 1. The number of nitrogens with zero attached hydrogens (tertiary/aromatic N) is 1. The Labute approximate surface area is 110 Å². The molecule has 0 aliphatic heterocycles. The Balaban J connectivity index is 2.09. The monoisotopic (exact) mass is 257 g/mol. The highest BCUT2D eigenvalue weighted by Gasteiger charge is 2.02. The van der Waals surface area contributed by atoms with Crippen molar-refractivity contribution in [3.63, 3.8) is 0 Å². The average Bonchev–Trinajstić information content (AvgIpc) is 2.37. The van der Waals surface area contributed by atoms with Gasteiger partial charge in [0.1, 0.15) is 5.82 Å². The van der Waals surface area contributed by atoms with E-state index in [1.54, 1.807) is 17.8 Å². The van der Waals surface area contributed by atoms with E-state index in [0.717, 1.165) is 16.2 Å². The quantitative estimate of drug-likeness (QED) is 0.765. The summed E-state index contributed by atoms with van der Waals surface area (Å²) >= 11 is 1.59. The summed E-state index contributed by atoms with van der Waals surface area (Å²) in [4.78, 5) is 0.916. The molecule has 0 spiro atoms. The number of hydrogen-bond acceptors (Lipinski definition) is 2. The minimum Gasteiger partial charge on any atom is -0.207 e. The van der Waals surface area contributed by atoms with E-state index in [4.69, 9.17) is 5.26 Å². The second-order valence-electron chi connectivity index (χ2n) is 4.00. The molecule has 3 heteroatoms. The number of benzene rings is 2. The van der Waals surface area contributed by atoms with Crippen LogP contribution in [0.3, 0.4) is 0 Å². The molecule has 0 atom stereocenters. The van der Waals surface area contributed by atoms with Gasteiger partial charge in [-0.25, -0.2) is 4.39 Å². The normalized spacial score (nSPS) is 10.1. The molecule has 0 heterocycles. The van der Waals surface area contributed by atoms with Gasteiger partial charge in [-0.15, -0.1) is 11.8 Å². The van der Waals surface area contributed by atoms with Gasteiger partial charge in [-0.3, -0.25) is 0 Å². The molecule has 0 N–H and O–H groups in total. The van der Waals surface area contributed by atoms with Crippen LogP contribution in [-0.2, 0) is 5.75 Å². The molecular weight excluding hydrogens is 245 g/mol. The maximum Gasteiger partial charge on any atom is 0.124 e. The number of rotatable bonds is 3. The largest absolute Gasteiger partial charge is 0.207 e. The standard InChI is InChI=1S/C15H12FNS/c1-11-7-12(9-17)5-6-13(11)10-18-15-4-2-3-14(16)8-15/h2-8H,10H2,1H3. The van der Waals surface area contributed by atoms with Crippen molar-refractivity contribution in [3.8, 4) is 6.07 Å². The molecule has 0 aromatic heterocycles. The van der Waals surface area contributed by atoms with Crippen LogP contribution in [0.1, 0.15) is 16.7 Å². The van der Waals surface area contributed by atoms with Gasteiger partial charge in [-0.05, 0) is 48.4 Å². The van der Waals surface area contributed by atoms with E-state index in [9.17, 15) is 4.39 Å². The molecule has 0 bridgehead atoms. The van der Waals surface area contributed by atoms with E-state index in [0.29, 0.717) is 5.56 Å². The second-order valence-corrected chi connectivity index (χ2v) is 5.05. The minimum absolute atomic E-state index is 0.212. The Morgan fingerprint density at radius 1 is 1.22 bits per heavy atom. The fraction of sp³-hybridized carbons (Fsp3) is 0.133. The predicted octanol–water partition coefficient (Wildman–Crippen LogP) is 4.30. The molecule has 0 aliphatic rings.